The predicted molar refractivity (Wildman–Crippen MR) is 116 cm³/mol. The second-order valence-electron chi connectivity index (χ2n) is 8.23. The first kappa shape index (κ1) is 20.6. The van der Waals surface area contributed by atoms with Crippen LogP contribution in [0.25, 0.3) is 11.0 Å². The quantitative estimate of drug-likeness (QED) is 0.648. The average Bonchev–Trinajstić information content (AvgIpc) is 3.45. The first-order valence-electron chi connectivity index (χ1n) is 10.7. The SMILES string of the molecule is O=C(Nc1ccnc2ccc(N3CCCC3c3cc(F)ccc3F)nc12)N1CCC(O)C1. The van der Waals surface area contributed by atoms with E-state index in [4.69, 9.17) is 4.98 Å². The minimum absolute atomic E-state index is 0.294. The van der Waals surface area contributed by atoms with Gasteiger partial charge < -0.3 is 20.2 Å². The smallest absolute Gasteiger partial charge is 0.321 e. The summed E-state index contributed by atoms with van der Waals surface area (Å²) < 4.78 is 28.2. The maximum atomic E-state index is 14.5. The molecule has 2 atom stereocenters. The molecule has 2 amide bonds. The van der Waals surface area contributed by atoms with E-state index in [1.807, 2.05) is 17.0 Å². The van der Waals surface area contributed by atoms with E-state index in [0.717, 1.165) is 18.6 Å². The van der Waals surface area contributed by atoms with Crippen LogP contribution < -0.4 is 10.2 Å². The van der Waals surface area contributed by atoms with Crippen molar-refractivity contribution < 1.29 is 18.7 Å². The molecule has 32 heavy (non-hydrogen) atoms. The lowest BCUT2D eigenvalue weighted by Gasteiger charge is -2.27. The number of aliphatic hydroxyl groups excluding tert-OH is 1. The fourth-order valence-corrected chi connectivity index (χ4v) is 4.53. The number of carbonyl (C=O) groups is 1. The van der Waals surface area contributed by atoms with Crippen molar-refractivity contribution in [2.24, 2.45) is 0 Å². The molecule has 0 saturated carbocycles. The summed E-state index contributed by atoms with van der Waals surface area (Å²) in [5.41, 5.74) is 1.96. The molecule has 9 heteroatoms. The zero-order valence-corrected chi connectivity index (χ0v) is 17.3. The number of urea groups is 1. The van der Waals surface area contributed by atoms with Crippen LogP contribution in [0.5, 0.6) is 0 Å². The summed E-state index contributed by atoms with van der Waals surface area (Å²) in [5, 5.41) is 12.6. The van der Waals surface area contributed by atoms with Crippen LogP contribution in [0, 0.1) is 11.6 Å². The maximum Gasteiger partial charge on any atom is 0.321 e. The Bertz CT molecular complexity index is 1170. The van der Waals surface area contributed by atoms with E-state index in [9.17, 15) is 18.7 Å². The number of likely N-dealkylation sites (tertiary alicyclic amines) is 1. The van der Waals surface area contributed by atoms with Crippen LogP contribution in [0.2, 0.25) is 0 Å². The Labute approximate surface area is 183 Å². The van der Waals surface area contributed by atoms with Gasteiger partial charge in [-0.1, -0.05) is 0 Å². The molecule has 2 N–H and O–H groups in total. The minimum atomic E-state index is -0.505. The van der Waals surface area contributed by atoms with Crippen LogP contribution in [0.4, 0.5) is 25.1 Å². The number of amides is 2. The number of halogens is 2. The van der Waals surface area contributed by atoms with Gasteiger partial charge in [0.25, 0.3) is 0 Å². The molecule has 3 aromatic rings. The summed E-state index contributed by atoms with van der Waals surface area (Å²) in [7, 11) is 0. The third-order valence-corrected chi connectivity index (χ3v) is 6.13. The number of rotatable bonds is 3. The highest BCUT2D eigenvalue weighted by Gasteiger charge is 2.30. The molecule has 2 unspecified atom stereocenters. The van der Waals surface area contributed by atoms with Crippen molar-refractivity contribution in [3.05, 3.63) is 59.8 Å². The molecular formula is C23H23F2N5O2. The molecule has 2 aliphatic rings. The van der Waals surface area contributed by atoms with Gasteiger partial charge in [-0.25, -0.2) is 18.6 Å². The predicted octanol–water partition coefficient (Wildman–Crippen LogP) is 3.85. The highest BCUT2D eigenvalue weighted by Crippen LogP contribution is 2.37. The average molecular weight is 439 g/mol. The van der Waals surface area contributed by atoms with Gasteiger partial charge in [0, 0.05) is 31.4 Å². The Balaban J connectivity index is 1.47. The van der Waals surface area contributed by atoms with Gasteiger partial charge >= 0.3 is 6.03 Å². The van der Waals surface area contributed by atoms with Crippen molar-refractivity contribution in [3.63, 3.8) is 0 Å². The van der Waals surface area contributed by atoms with Crippen molar-refractivity contribution in [3.8, 4) is 0 Å². The Morgan fingerprint density at radius 3 is 2.81 bits per heavy atom. The van der Waals surface area contributed by atoms with Crippen LogP contribution in [0.15, 0.2) is 42.6 Å². The second kappa shape index (κ2) is 8.31. The number of anilines is 2. The Hall–Kier alpha value is -3.33. The first-order valence-corrected chi connectivity index (χ1v) is 10.7. The summed E-state index contributed by atoms with van der Waals surface area (Å²) in [6.07, 6.45) is 3.16. The van der Waals surface area contributed by atoms with Gasteiger partial charge in [0.1, 0.15) is 23.0 Å². The number of carbonyl (C=O) groups excluding carboxylic acids is 1. The van der Waals surface area contributed by atoms with Crippen LogP contribution in [0.1, 0.15) is 30.9 Å². The van der Waals surface area contributed by atoms with Crippen molar-refractivity contribution in [2.45, 2.75) is 31.4 Å². The van der Waals surface area contributed by atoms with Crippen LogP contribution >= 0.6 is 0 Å². The number of nitrogens with one attached hydrogen (secondary N) is 1. The summed E-state index contributed by atoms with van der Waals surface area (Å²) >= 11 is 0. The van der Waals surface area contributed by atoms with E-state index in [1.165, 1.54) is 6.07 Å². The van der Waals surface area contributed by atoms with E-state index >= 15 is 0 Å². The normalized spacial score (nSPS) is 20.8. The number of hydrogen-bond acceptors (Lipinski definition) is 5. The fraction of sp³-hybridized carbons (Fsp3) is 0.348. The van der Waals surface area contributed by atoms with E-state index < -0.39 is 17.7 Å². The largest absolute Gasteiger partial charge is 0.391 e. The maximum absolute atomic E-state index is 14.5. The van der Waals surface area contributed by atoms with Crippen LogP contribution in [-0.4, -0.2) is 51.7 Å². The molecule has 2 fully saturated rings. The first-order chi connectivity index (χ1) is 15.5. The molecule has 5 rings (SSSR count). The number of benzene rings is 1. The molecule has 0 bridgehead atoms. The molecular weight excluding hydrogens is 416 g/mol. The number of hydrogen-bond donors (Lipinski definition) is 2. The second-order valence-corrected chi connectivity index (χ2v) is 8.23. The van der Waals surface area contributed by atoms with E-state index in [2.05, 4.69) is 10.3 Å². The van der Waals surface area contributed by atoms with E-state index in [-0.39, 0.29) is 12.1 Å². The van der Waals surface area contributed by atoms with Crippen molar-refractivity contribution >= 4 is 28.6 Å². The molecule has 2 saturated heterocycles. The standard InChI is InChI=1S/C23H23F2N5O2/c24-14-3-4-17(25)16(12-14)20-2-1-10-30(20)21-6-5-18-22(28-21)19(7-9-26-18)27-23(32)29-11-8-15(31)13-29/h3-7,9,12,15,20,31H,1-2,8,10-11,13H2,(H,26,27,32). The number of fused-ring (bicyclic) bond motifs is 1. The molecule has 1 aromatic carbocycles. The number of β-amino-alcohol motifs (C(OH)–C–C–N with tert-alkyl or cyclic N) is 1. The Morgan fingerprint density at radius 1 is 1.12 bits per heavy atom. The Kier molecular flexibility index (Phi) is 5.34. The van der Waals surface area contributed by atoms with Crippen molar-refractivity contribution in [2.75, 3.05) is 29.9 Å². The molecule has 2 aliphatic heterocycles. The van der Waals surface area contributed by atoms with Crippen molar-refractivity contribution in [1.82, 2.24) is 14.9 Å². The molecule has 0 spiro atoms. The van der Waals surface area contributed by atoms with Crippen LogP contribution in [0.3, 0.4) is 0 Å². The summed E-state index contributed by atoms with van der Waals surface area (Å²) in [5.74, 6) is -0.295. The third kappa shape index (κ3) is 3.84. The van der Waals surface area contributed by atoms with Gasteiger partial charge in [-0.2, -0.15) is 0 Å². The molecule has 0 aliphatic carbocycles. The van der Waals surface area contributed by atoms with Gasteiger partial charge in [0.15, 0.2) is 0 Å². The lowest BCUT2D eigenvalue weighted by Crippen LogP contribution is -2.33. The van der Waals surface area contributed by atoms with E-state index in [0.29, 0.717) is 60.6 Å². The number of aliphatic hydroxyl groups is 1. The Morgan fingerprint density at radius 2 is 2.00 bits per heavy atom. The zero-order chi connectivity index (χ0) is 22.2. The van der Waals surface area contributed by atoms with Gasteiger partial charge in [-0.3, -0.25) is 4.98 Å². The number of pyridine rings is 2. The number of nitrogens with zero attached hydrogens (tertiary/aromatic N) is 4. The molecule has 2 aromatic heterocycles. The topological polar surface area (TPSA) is 81.6 Å². The fourth-order valence-electron chi connectivity index (χ4n) is 4.53. The summed E-state index contributed by atoms with van der Waals surface area (Å²) in [6, 6.07) is 8.19. The third-order valence-electron chi connectivity index (χ3n) is 6.13. The summed E-state index contributed by atoms with van der Waals surface area (Å²) in [4.78, 5) is 25.2. The number of aromatic nitrogens is 2. The lowest BCUT2D eigenvalue weighted by molar-refractivity contribution is 0.176. The van der Waals surface area contributed by atoms with Gasteiger partial charge in [-0.15, -0.1) is 0 Å². The highest BCUT2D eigenvalue weighted by molar-refractivity contribution is 5.98. The van der Waals surface area contributed by atoms with Gasteiger partial charge in [0.2, 0.25) is 0 Å². The van der Waals surface area contributed by atoms with Gasteiger partial charge in [0.05, 0.1) is 23.3 Å². The summed E-state index contributed by atoms with van der Waals surface area (Å²) in [6.45, 7) is 1.44. The zero-order valence-electron chi connectivity index (χ0n) is 17.3. The molecule has 0 radical (unpaired) electrons. The molecule has 4 heterocycles. The monoisotopic (exact) mass is 439 g/mol. The minimum Gasteiger partial charge on any atom is -0.391 e. The lowest BCUT2D eigenvalue weighted by atomic mass is 10.0. The van der Waals surface area contributed by atoms with E-state index in [1.54, 1.807) is 17.2 Å². The highest BCUT2D eigenvalue weighted by atomic mass is 19.1. The van der Waals surface area contributed by atoms with Gasteiger partial charge in [-0.05, 0) is 55.7 Å². The molecule has 166 valence electrons. The van der Waals surface area contributed by atoms with Crippen LogP contribution in [-0.2, 0) is 0 Å². The van der Waals surface area contributed by atoms with Crippen molar-refractivity contribution in [1.29, 1.82) is 0 Å². The molecule has 7 nitrogen and oxygen atoms in total.